The van der Waals surface area contributed by atoms with Gasteiger partial charge in [0.15, 0.2) is 12.4 Å². The normalized spacial score (nSPS) is 10.2. The molecule has 0 aliphatic heterocycles. The van der Waals surface area contributed by atoms with Crippen LogP contribution in [0, 0.1) is 0 Å². The molecule has 2 nitrogen and oxygen atoms in total. The number of hydrogen-bond acceptors (Lipinski definition) is 2. The highest BCUT2D eigenvalue weighted by molar-refractivity contribution is 7.99. The monoisotopic (exact) mass is 246 g/mol. The van der Waals surface area contributed by atoms with E-state index in [-0.39, 0.29) is 0 Å². The van der Waals surface area contributed by atoms with Crippen molar-refractivity contribution in [2.24, 2.45) is 0 Å². The first-order chi connectivity index (χ1) is 8.38. The fraction of sp³-hybridized carbons (Fsp3) is 0.214. The largest absolute Gasteiger partial charge is 0.497 e. The Morgan fingerprint density at radius 3 is 2.41 bits per heavy atom. The Bertz CT molecular complexity index is 442. The van der Waals surface area contributed by atoms with Crippen LogP contribution in [0.4, 0.5) is 0 Å². The summed E-state index contributed by atoms with van der Waals surface area (Å²) in [6.45, 7) is 0. The Hall–Kier alpha value is -1.48. The van der Waals surface area contributed by atoms with E-state index in [1.165, 1.54) is 10.5 Å². The molecule has 0 saturated heterocycles. The van der Waals surface area contributed by atoms with Crippen LogP contribution in [0.1, 0.15) is 5.56 Å². The van der Waals surface area contributed by atoms with E-state index in [1.54, 1.807) is 7.11 Å². The van der Waals surface area contributed by atoms with Gasteiger partial charge in [-0.3, -0.25) is 0 Å². The first-order valence-corrected chi connectivity index (χ1v) is 6.59. The van der Waals surface area contributed by atoms with Crippen LogP contribution in [0.5, 0.6) is 5.75 Å². The highest BCUT2D eigenvalue weighted by Crippen LogP contribution is 2.21. The Morgan fingerprint density at radius 1 is 1.06 bits per heavy atom. The van der Waals surface area contributed by atoms with Crippen molar-refractivity contribution in [3.8, 4) is 5.75 Å². The van der Waals surface area contributed by atoms with E-state index in [0.717, 1.165) is 17.9 Å². The van der Waals surface area contributed by atoms with Crippen LogP contribution >= 0.6 is 11.8 Å². The minimum atomic E-state index is 0.910. The van der Waals surface area contributed by atoms with Crippen molar-refractivity contribution in [2.75, 3.05) is 12.9 Å². The van der Waals surface area contributed by atoms with Crippen LogP contribution in [-0.2, 0) is 6.42 Å². The fourth-order valence-electron chi connectivity index (χ4n) is 1.55. The lowest BCUT2D eigenvalue weighted by molar-refractivity contribution is -0.378. The summed E-state index contributed by atoms with van der Waals surface area (Å²) in [5.41, 5.74) is 1.37. The summed E-state index contributed by atoms with van der Waals surface area (Å²) in [5, 5.41) is 0. The molecule has 0 atom stereocenters. The molecule has 3 heteroatoms. The van der Waals surface area contributed by atoms with Gasteiger partial charge in [-0.15, -0.1) is 11.8 Å². The second kappa shape index (κ2) is 6.30. The smallest absolute Gasteiger partial charge is 0.167 e. The predicted molar refractivity (Wildman–Crippen MR) is 70.4 cm³/mol. The van der Waals surface area contributed by atoms with Crippen molar-refractivity contribution in [2.45, 2.75) is 11.3 Å². The molecule has 0 fully saturated rings. The maximum atomic E-state index is 5.13. The van der Waals surface area contributed by atoms with Crippen molar-refractivity contribution in [3.63, 3.8) is 0 Å². The van der Waals surface area contributed by atoms with Gasteiger partial charge >= 0.3 is 0 Å². The van der Waals surface area contributed by atoms with Crippen LogP contribution < -0.4 is 9.72 Å². The van der Waals surface area contributed by atoms with Crippen molar-refractivity contribution >= 4 is 11.8 Å². The Labute approximate surface area is 106 Å². The molecular weight excluding hydrogens is 230 g/mol. The van der Waals surface area contributed by atoms with Crippen molar-refractivity contribution in [3.05, 3.63) is 54.4 Å². The first kappa shape index (κ1) is 12.0. The van der Waals surface area contributed by atoms with E-state index in [9.17, 15) is 0 Å². The van der Waals surface area contributed by atoms with Crippen molar-refractivity contribution < 1.29 is 9.72 Å². The van der Waals surface area contributed by atoms with E-state index >= 15 is 0 Å². The van der Waals surface area contributed by atoms with Gasteiger partial charge in [0.25, 0.3) is 0 Å². The van der Waals surface area contributed by atoms with E-state index in [4.69, 9.17) is 4.74 Å². The summed E-state index contributed by atoms with van der Waals surface area (Å²) in [7, 11) is 1.69. The number of aryl methyl sites for hydroxylation is 1. The molecule has 0 bridgehead atoms. The van der Waals surface area contributed by atoms with Gasteiger partial charge in [0.1, 0.15) is 5.75 Å². The predicted octanol–water partition coefficient (Wildman–Crippen LogP) is 2.84. The highest BCUT2D eigenvalue weighted by atomic mass is 32.2. The zero-order valence-electron chi connectivity index (χ0n) is 9.85. The van der Waals surface area contributed by atoms with Gasteiger partial charge in [0.05, 0.1) is 7.11 Å². The molecule has 0 radical (unpaired) electrons. The maximum absolute atomic E-state index is 5.13. The summed E-state index contributed by atoms with van der Waals surface area (Å²) in [5.74, 6) is 2.00. The zero-order valence-corrected chi connectivity index (χ0v) is 10.7. The number of rotatable bonds is 5. The molecule has 0 unspecified atom stereocenters. The topological polar surface area (TPSA) is 23.4 Å². The van der Waals surface area contributed by atoms with Gasteiger partial charge in [-0.2, -0.15) is 0 Å². The molecule has 0 spiro atoms. The molecule has 1 N–H and O–H groups in total. The molecular formula is C14H16NOS+. The summed E-state index contributed by atoms with van der Waals surface area (Å²) in [4.78, 5) is 4.32. The van der Waals surface area contributed by atoms with Crippen LogP contribution in [0.25, 0.3) is 0 Å². The average Bonchev–Trinajstić information content (AvgIpc) is 2.41. The number of nitrogens with one attached hydrogen (secondary N) is 1. The molecule has 1 heterocycles. The number of ether oxygens (including phenoxy) is 1. The molecule has 88 valence electrons. The summed E-state index contributed by atoms with van der Waals surface area (Å²) in [6.07, 6.45) is 5.02. The number of thioether (sulfide) groups is 1. The molecule has 0 saturated carbocycles. The Morgan fingerprint density at radius 2 is 1.76 bits per heavy atom. The van der Waals surface area contributed by atoms with Gasteiger partial charge in [0, 0.05) is 22.8 Å². The number of aromatic amines is 1. The lowest BCUT2D eigenvalue weighted by Crippen LogP contribution is -1.99. The second-order valence-electron chi connectivity index (χ2n) is 3.68. The third-order valence-corrected chi connectivity index (χ3v) is 3.52. The zero-order chi connectivity index (χ0) is 11.9. The number of hydrogen-bond donors (Lipinski definition) is 0. The lowest BCUT2D eigenvalue weighted by atomic mass is 10.2. The quantitative estimate of drug-likeness (QED) is 0.757. The van der Waals surface area contributed by atoms with E-state index in [1.807, 2.05) is 36.3 Å². The number of pyridine rings is 1. The molecule has 2 aromatic rings. The van der Waals surface area contributed by atoms with E-state index in [0.29, 0.717) is 0 Å². The fourth-order valence-corrected chi connectivity index (χ4v) is 2.45. The molecule has 0 aliphatic carbocycles. The molecule has 1 aromatic carbocycles. The van der Waals surface area contributed by atoms with Crippen LogP contribution in [0.3, 0.4) is 0 Å². The number of aromatic nitrogens is 1. The third kappa shape index (κ3) is 3.79. The van der Waals surface area contributed by atoms with Crippen LogP contribution in [0.15, 0.2) is 53.7 Å². The summed E-state index contributed by atoms with van der Waals surface area (Å²) in [6, 6.07) is 12.4. The van der Waals surface area contributed by atoms with Crippen LogP contribution in [0.2, 0.25) is 0 Å². The van der Waals surface area contributed by atoms with Gasteiger partial charge in [-0.05, 0) is 36.2 Å². The van der Waals surface area contributed by atoms with E-state index < -0.39 is 0 Å². The third-order valence-electron chi connectivity index (χ3n) is 2.51. The molecule has 0 amide bonds. The number of methoxy groups -OCH3 is 1. The SMILES string of the molecule is COc1ccc(SCCc2cc[nH+]cc2)cc1. The van der Waals surface area contributed by atoms with Crippen molar-refractivity contribution in [1.82, 2.24) is 0 Å². The standard InChI is InChI=1S/C14H15NOS/c1-16-13-2-4-14(5-3-13)17-11-8-12-6-9-15-10-7-12/h2-7,9-10H,8,11H2,1H3/p+1. The Kier molecular flexibility index (Phi) is 4.45. The van der Waals surface area contributed by atoms with Gasteiger partial charge in [-0.1, -0.05) is 0 Å². The summed E-state index contributed by atoms with van der Waals surface area (Å²) < 4.78 is 5.13. The van der Waals surface area contributed by atoms with Gasteiger partial charge < -0.3 is 4.74 Å². The van der Waals surface area contributed by atoms with Gasteiger partial charge in [0.2, 0.25) is 0 Å². The van der Waals surface area contributed by atoms with Crippen LogP contribution in [-0.4, -0.2) is 12.9 Å². The minimum absolute atomic E-state index is 0.910. The average molecular weight is 246 g/mol. The highest BCUT2D eigenvalue weighted by Gasteiger charge is 1.97. The molecule has 1 aromatic heterocycles. The molecule has 2 rings (SSSR count). The lowest BCUT2D eigenvalue weighted by Gasteiger charge is -2.03. The van der Waals surface area contributed by atoms with Crippen molar-refractivity contribution in [1.29, 1.82) is 0 Å². The minimum Gasteiger partial charge on any atom is -0.497 e. The molecule has 17 heavy (non-hydrogen) atoms. The van der Waals surface area contributed by atoms with Gasteiger partial charge in [-0.25, -0.2) is 4.98 Å². The van der Waals surface area contributed by atoms with E-state index in [2.05, 4.69) is 29.2 Å². The maximum Gasteiger partial charge on any atom is 0.167 e. The Balaban J connectivity index is 1.82. The summed E-state index contributed by atoms with van der Waals surface area (Å²) >= 11 is 1.87. The first-order valence-electron chi connectivity index (χ1n) is 5.60. The second-order valence-corrected chi connectivity index (χ2v) is 4.85. The number of H-pyrrole nitrogens is 1. The molecule has 0 aliphatic rings. The number of benzene rings is 1.